The molecule has 1 aliphatic rings. The van der Waals surface area contributed by atoms with Crippen LogP contribution in [0.3, 0.4) is 0 Å². The molecule has 3 N–H and O–H groups in total. The van der Waals surface area contributed by atoms with Crippen molar-refractivity contribution in [3.63, 3.8) is 0 Å². The van der Waals surface area contributed by atoms with E-state index in [1.54, 1.807) is 0 Å². The number of aliphatic hydroxyl groups is 1. The van der Waals surface area contributed by atoms with Crippen molar-refractivity contribution in [1.82, 2.24) is 15.5 Å². The number of hydrogen-bond donors (Lipinski definition) is 3. The second-order valence-electron chi connectivity index (χ2n) is 6.22. The maximum atomic E-state index is 12.4. The molecule has 2 unspecified atom stereocenters. The monoisotopic (exact) mass is 333 g/mol. The maximum absolute atomic E-state index is 12.4. The lowest BCUT2D eigenvalue weighted by Gasteiger charge is -2.20. The summed E-state index contributed by atoms with van der Waals surface area (Å²) in [6.07, 6.45) is -0.140. The Morgan fingerprint density at radius 2 is 1.96 bits per heavy atom. The van der Waals surface area contributed by atoms with Crippen molar-refractivity contribution < 1.29 is 19.5 Å². The van der Waals surface area contributed by atoms with E-state index in [4.69, 9.17) is 0 Å². The normalized spacial score (nSPS) is 18.7. The topological polar surface area (TPSA) is 98.7 Å². The highest BCUT2D eigenvalue weighted by atomic mass is 16.3. The third kappa shape index (κ3) is 4.32. The van der Waals surface area contributed by atoms with E-state index in [9.17, 15) is 19.5 Å². The largest absolute Gasteiger partial charge is 0.394 e. The lowest BCUT2D eigenvalue weighted by Crippen LogP contribution is -2.44. The molecular weight excluding hydrogens is 310 g/mol. The van der Waals surface area contributed by atoms with Gasteiger partial charge in [-0.05, 0) is 11.5 Å². The Morgan fingerprint density at radius 3 is 2.54 bits per heavy atom. The van der Waals surface area contributed by atoms with Crippen molar-refractivity contribution in [3.05, 3.63) is 35.9 Å². The van der Waals surface area contributed by atoms with Crippen molar-refractivity contribution in [2.75, 3.05) is 6.61 Å². The SMILES string of the molecule is CC(C)C(CO)NC(=O)CC1NC(=O)N(Cc2ccccc2)C1=O. The average molecular weight is 333 g/mol. The zero-order valence-electron chi connectivity index (χ0n) is 13.9. The van der Waals surface area contributed by atoms with E-state index >= 15 is 0 Å². The Kier molecular flexibility index (Phi) is 5.92. The minimum absolute atomic E-state index is 0.0717. The van der Waals surface area contributed by atoms with Crippen LogP contribution in [-0.2, 0) is 16.1 Å². The van der Waals surface area contributed by atoms with Crippen LogP contribution in [0.4, 0.5) is 4.79 Å². The van der Waals surface area contributed by atoms with Crippen LogP contribution in [0.5, 0.6) is 0 Å². The van der Waals surface area contributed by atoms with Gasteiger partial charge in [-0.25, -0.2) is 4.79 Å². The Balaban J connectivity index is 1.94. The number of imide groups is 1. The molecule has 0 bridgehead atoms. The number of carbonyl (C=O) groups excluding carboxylic acids is 3. The van der Waals surface area contributed by atoms with Crippen LogP contribution in [0.25, 0.3) is 0 Å². The Labute approximate surface area is 141 Å². The van der Waals surface area contributed by atoms with E-state index in [0.717, 1.165) is 10.5 Å². The van der Waals surface area contributed by atoms with Gasteiger partial charge in [-0.3, -0.25) is 14.5 Å². The molecule has 0 aliphatic carbocycles. The van der Waals surface area contributed by atoms with Crippen LogP contribution in [0, 0.1) is 5.92 Å². The van der Waals surface area contributed by atoms with Crippen molar-refractivity contribution in [1.29, 1.82) is 0 Å². The minimum atomic E-state index is -0.868. The molecule has 2 atom stereocenters. The van der Waals surface area contributed by atoms with Crippen molar-refractivity contribution in [3.8, 4) is 0 Å². The van der Waals surface area contributed by atoms with E-state index in [1.807, 2.05) is 44.2 Å². The zero-order valence-corrected chi connectivity index (χ0v) is 13.9. The first kappa shape index (κ1) is 17.9. The summed E-state index contributed by atoms with van der Waals surface area (Å²) in [5, 5.41) is 14.5. The first-order valence-corrected chi connectivity index (χ1v) is 7.98. The van der Waals surface area contributed by atoms with Crippen LogP contribution in [-0.4, -0.2) is 46.5 Å². The second-order valence-corrected chi connectivity index (χ2v) is 6.22. The fraction of sp³-hybridized carbons (Fsp3) is 0.471. The third-order valence-electron chi connectivity index (χ3n) is 4.03. The summed E-state index contributed by atoms with van der Waals surface area (Å²) >= 11 is 0. The summed E-state index contributed by atoms with van der Waals surface area (Å²) in [6.45, 7) is 3.76. The highest BCUT2D eigenvalue weighted by molar-refractivity contribution is 6.05. The van der Waals surface area contributed by atoms with Crippen LogP contribution >= 0.6 is 0 Å². The molecule has 1 aliphatic heterocycles. The Morgan fingerprint density at radius 1 is 1.29 bits per heavy atom. The van der Waals surface area contributed by atoms with Gasteiger partial charge in [0.1, 0.15) is 6.04 Å². The number of urea groups is 1. The molecule has 2 rings (SSSR count). The van der Waals surface area contributed by atoms with Crippen LogP contribution in [0.1, 0.15) is 25.8 Å². The van der Waals surface area contributed by atoms with Gasteiger partial charge >= 0.3 is 6.03 Å². The van der Waals surface area contributed by atoms with Crippen LogP contribution in [0.2, 0.25) is 0 Å². The summed E-state index contributed by atoms with van der Waals surface area (Å²) in [7, 11) is 0. The number of carbonyl (C=O) groups is 3. The average Bonchev–Trinajstić information content (AvgIpc) is 2.81. The Hall–Kier alpha value is -2.41. The Bertz CT molecular complexity index is 603. The molecule has 1 aromatic carbocycles. The van der Waals surface area contributed by atoms with Gasteiger partial charge in [0.05, 0.1) is 25.6 Å². The van der Waals surface area contributed by atoms with Crippen molar-refractivity contribution in [2.45, 2.75) is 38.9 Å². The quantitative estimate of drug-likeness (QED) is 0.637. The molecule has 24 heavy (non-hydrogen) atoms. The maximum Gasteiger partial charge on any atom is 0.325 e. The van der Waals surface area contributed by atoms with Gasteiger partial charge in [-0.15, -0.1) is 0 Å². The summed E-state index contributed by atoms with van der Waals surface area (Å²) in [5.74, 6) is -0.713. The molecule has 1 heterocycles. The highest BCUT2D eigenvalue weighted by Crippen LogP contribution is 2.14. The number of nitrogens with zero attached hydrogens (tertiary/aromatic N) is 1. The molecule has 0 aromatic heterocycles. The van der Waals surface area contributed by atoms with Crippen LogP contribution < -0.4 is 10.6 Å². The predicted molar refractivity (Wildman–Crippen MR) is 87.8 cm³/mol. The zero-order chi connectivity index (χ0) is 17.7. The van der Waals surface area contributed by atoms with Crippen molar-refractivity contribution >= 4 is 17.8 Å². The van der Waals surface area contributed by atoms with E-state index < -0.39 is 18.0 Å². The molecule has 130 valence electrons. The summed E-state index contributed by atoms with van der Waals surface area (Å²) in [6, 6.07) is 7.44. The molecule has 0 radical (unpaired) electrons. The molecule has 1 fully saturated rings. The van der Waals surface area contributed by atoms with Gasteiger partial charge in [-0.2, -0.15) is 0 Å². The van der Waals surface area contributed by atoms with E-state index in [-0.39, 0.29) is 37.4 Å². The van der Waals surface area contributed by atoms with E-state index in [1.165, 1.54) is 0 Å². The first-order valence-electron chi connectivity index (χ1n) is 7.98. The molecule has 0 saturated carbocycles. The van der Waals surface area contributed by atoms with Gasteiger partial charge in [0.25, 0.3) is 5.91 Å². The number of amides is 4. The summed E-state index contributed by atoms with van der Waals surface area (Å²) in [4.78, 5) is 37.5. The van der Waals surface area contributed by atoms with E-state index in [2.05, 4.69) is 10.6 Å². The molecule has 1 saturated heterocycles. The summed E-state index contributed by atoms with van der Waals surface area (Å²) < 4.78 is 0. The minimum Gasteiger partial charge on any atom is -0.394 e. The van der Waals surface area contributed by atoms with Crippen molar-refractivity contribution in [2.24, 2.45) is 5.92 Å². The van der Waals surface area contributed by atoms with Gasteiger partial charge in [0.2, 0.25) is 5.91 Å². The smallest absolute Gasteiger partial charge is 0.325 e. The fourth-order valence-corrected chi connectivity index (χ4v) is 2.51. The molecule has 7 heteroatoms. The molecule has 4 amide bonds. The lowest BCUT2D eigenvalue weighted by atomic mass is 10.0. The number of hydrogen-bond acceptors (Lipinski definition) is 4. The molecule has 7 nitrogen and oxygen atoms in total. The molecule has 1 aromatic rings. The first-order chi connectivity index (χ1) is 11.4. The number of aliphatic hydroxyl groups excluding tert-OH is 1. The number of rotatable bonds is 7. The lowest BCUT2D eigenvalue weighted by molar-refractivity contribution is -0.131. The van der Waals surface area contributed by atoms with Crippen LogP contribution in [0.15, 0.2) is 30.3 Å². The molecule has 0 spiro atoms. The van der Waals surface area contributed by atoms with Gasteiger partial charge in [-0.1, -0.05) is 44.2 Å². The molecular formula is C17H23N3O4. The predicted octanol–water partition coefficient (Wildman–Crippen LogP) is 0.630. The number of benzene rings is 1. The standard InChI is InChI=1S/C17H23N3O4/c1-11(2)14(10-21)18-15(22)8-13-16(23)20(17(24)19-13)9-12-6-4-3-5-7-12/h3-7,11,13-14,21H,8-10H2,1-2H3,(H,18,22)(H,19,24). The van der Waals surface area contributed by atoms with E-state index in [0.29, 0.717) is 0 Å². The number of nitrogens with one attached hydrogen (secondary N) is 2. The third-order valence-corrected chi connectivity index (χ3v) is 4.03. The van der Waals surface area contributed by atoms with Gasteiger partial charge < -0.3 is 15.7 Å². The van der Waals surface area contributed by atoms with Gasteiger partial charge in [0, 0.05) is 0 Å². The second kappa shape index (κ2) is 7.92. The van der Waals surface area contributed by atoms with Gasteiger partial charge in [0.15, 0.2) is 0 Å². The summed E-state index contributed by atoms with van der Waals surface area (Å²) in [5.41, 5.74) is 0.839. The highest BCUT2D eigenvalue weighted by Gasteiger charge is 2.39. The fourth-order valence-electron chi connectivity index (χ4n) is 2.51.